The third kappa shape index (κ3) is 3.20. The molecule has 16 heavy (non-hydrogen) atoms. The van der Waals surface area contributed by atoms with Crippen molar-refractivity contribution in [1.82, 2.24) is 9.97 Å². The smallest absolute Gasteiger partial charge is 0.224 e. The van der Waals surface area contributed by atoms with Gasteiger partial charge in [-0.1, -0.05) is 11.6 Å². The Morgan fingerprint density at radius 2 is 2.31 bits per heavy atom. The van der Waals surface area contributed by atoms with Crippen molar-refractivity contribution in [3.63, 3.8) is 0 Å². The molecular formula is C12H16ClN3. The van der Waals surface area contributed by atoms with Gasteiger partial charge >= 0.3 is 0 Å². The monoisotopic (exact) mass is 237 g/mol. The molecule has 1 aromatic heterocycles. The molecule has 0 fully saturated rings. The van der Waals surface area contributed by atoms with Gasteiger partial charge in [-0.2, -0.15) is 0 Å². The number of allylic oxidation sites excluding steroid dienone is 1. The summed E-state index contributed by atoms with van der Waals surface area (Å²) in [5, 5.41) is 3.58. The Morgan fingerprint density at radius 1 is 1.44 bits per heavy atom. The quantitative estimate of drug-likeness (QED) is 0.645. The van der Waals surface area contributed by atoms with Gasteiger partial charge in [0.1, 0.15) is 5.82 Å². The molecule has 1 aromatic rings. The average Bonchev–Trinajstić information content (AvgIpc) is 2.69. The maximum absolute atomic E-state index is 5.78. The fourth-order valence-electron chi connectivity index (χ4n) is 1.94. The minimum atomic E-state index is 0.308. The van der Waals surface area contributed by atoms with E-state index in [1.54, 1.807) is 5.57 Å². The van der Waals surface area contributed by atoms with Crippen LogP contribution in [0.2, 0.25) is 5.28 Å². The van der Waals surface area contributed by atoms with Crippen molar-refractivity contribution >= 4 is 17.4 Å². The van der Waals surface area contributed by atoms with E-state index in [4.69, 9.17) is 11.6 Å². The zero-order valence-electron chi connectivity index (χ0n) is 9.46. The zero-order valence-corrected chi connectivity index (χ0v) is 10.2. The average molecular weight is 238 g/mol. The van der Waals surface area contributed by atoms with Crippen LogP contribution in [-0.2, 0) is 0 Å². The number of hydrogen-bond donors (Lipinski definition) is 1. The Balaban J connectivity index is 1.84. The molecule has 0 bridgehead atoms. The van der Waals surface area contributed by atoms with E-state index in [0.29, 0.717) is 5.28 Å². The summed E-state index contributed by atoms with van der Waals surface area (Å²) in [5.74, 6) is 0.816. The second-order valence-electron chi connectivity index (χ2n) is 4.09. The summed E-state index contributed by atoms with van der Waals surface area (Å²) in [6, 6.07) is 1.91. The van der Waals surface area contributed by atoms with E-state index in [2.05, 4.69) is 21.4 Å². The zero-order chi connectivity index (χ0) is 11.4. The lowest BCUT2D eigenvalue weighted by molar-refractivity contribution is 0.861. The number of hydrogen-bond acceptors (Lipinski definition) is 3. The van der Waals surface area contributed by atoms with Gasteiger partial charge in [0, 0.05) is 18.3 Å². The summed E-state index contributed by atoms with van der Waals surface area (Å²) >= 11 is 5.78. The molecule has 3 nitrogen and oxygen atoms in total. The number of rotatable bonds is 4. The standard InChI is InChI=1S/C12H16ClN3/c1-9-8-11(16-12(13)15-9)14-7-6-10-4-2-3-5-10/h4,8H,2-3,5-7H2,1H3,(H,14,15,16). The van der Waals surface area contributed by atoms with Crippen LogP contribution in [0.4, 0.5) is 5.82 Å². The fraction of sp³-hybridized carbons (Fsp3) is 0.500. The number of aryl methyl sites for hydroxylation is 1. The first-order valence-electron chi connectivity index (χ1n) is 5.67. The molecule has 0 atom stereocenters. The highest BCUT2D eigenvalue weighted by Gasteiger charge is 2.04. The molecule has 86 valence electrons. The Morgan fingerprint density at radius 3 is 3.00 bits per heavy atom. The molecule has 1 heterocycles. The van der Waals surface area contributed by atoms with Gasteiger partial charge in [0.2, 0.25) is 5.28 Å². The van der Waals surface area contributed by atoms with Crippen LogP contribution in [-0.4, -0.2) is 16.5 Å². The summed E-state index contributed by atoms with van der Waals surface area (Å²) in [4.78, 5) is 8.14. The molecule has 2 rings (SSSR count). The van der Waals surface area contributed by atoms with Crippen LogP contribution in [0.5, 0.6) is 0 Å². The van der Waals surface area contributed by atoms with Gasteiger partial charge in [-0.15, -0.1) is 0 Å². The van der Waals surface area contributed by atoms with E-state index in [9.17, 15) is 0 Å². The van der Waals surface area contributed by atoms with E-state index in [1.807, 2.05) is 13.0 Å². The maximum atomic E-state index is 5.78. The largest absolute Gasteiger partial charge is 0.370 e. The fourth-order valence-corrected chi connectivity index (χ4v) is 2.16. The van der Waals surface area contributed by atoms with Crippen molar-refractivity contribution in [1.29, 1.82) is 0 Å². The summed E-state index contributed by atoms with van der Waals surface area (Å²) < 4.78 is 0. The first-order chi connectivity index (χ1) is 7.74. The predicted molar refractivity (Wildman–Crippen MR) is 66.8 cm³/mol. The number of nitrogens with zero attached hydrogens (tertiary/aromatic N) is 2. The van der Waals surface area contributed by atoms with Gasteiger partial charge in [-0.3, -0.25) is 0 Å². The molecule has 1 N–H and O–H groups in total. The van der Waals surface area contributed by atoms with E-state index < -0.39 is 0 Å². The lowest BCUT2D eigenvalue weighted by Crippen LogP contribution is -2.05. The Kier molecular flexibility index (Phi) is 3.78. The second kappa shape index (κ2) is 5.30. The topological polar surface area (TPSA) is 37.8 Å². The number of halogens is 1. The van der Waals surface area contributed by atoms with Crippen LogP contribution >= 0.6 is 11.6 Å². The molecule has 0 aliphatic heterocycles. The first-order valence-corrected chi connectivity index (χ1v) is 6.05. The summed E-state index contributed by atoms with van der Waals surface area (Å²) in [5.41, 5.74) is 2.45. The highest BCUT2D eigenvalue weighted by atomic mass is 35.5. The van der Waals surface area contributed by atoms with Gasteiger partial charge in [-0.05, 0) is 44.2 Å². The van der Waals surface area contributed by atoms with Crippen molar-refractivity contribution in [2.24, 2.45) is 0 Å². The minimum Gasteiger partial charge on any atom is -0.370 e. The Bertz CT molecular complexity index is 381. The van der Waals surface area contributed by atoms with Crippen molar-refractivity contribution < 1.29 is 0 Å². The van der Waals surface area contributed by atoms with Gasteiger partial charge in [0.25, 0.3) is 0 Å². The van der Waals surface area contributed by atoms with Gasteiger partial charge in [-0.25, -0.2) is 9.97 Å². The molecule has 0 aromatic carbocycles. The van der Waals surface area contributed by atoms with Crippen molar-refractivity contribution in [2.45, 2.75) is 32.6 Å². The Labute approximate surface area is 101 Å². The number of nitrogens with one attached hydrogen (secondary N) is 1. The van der Waals surface area contributed by atoms with Gasteiger partial charge in [0.15, 0.2) is 0 Å². The van der Waals surface area contributed by atoms with E-state index in [-0.39, 0.29) is 0 Å². The van der Waals surface area contributed by atoms with Crippen molar-refractivity contribution in [3.05, 3.63) is 28.7 Å². The van der Waals surface area contributed by atoms with Crippen LogP contribution in [0.25, 0.3) is 0 Å². The SMILES string of the molecule is Cc1cc(NCCC2=CCCC2)nc(Cl)n1. The van der Waals surface area contributed by atoms with E-state index in [0.717, 1.165) is 24.5 Å². The summed E-state index contributed by atoms with van der Waals surface area (Å²) in [6.07, 6.45) is 7.26. The molecule has 4 heteroatoms. The molecule has 0 unspecified atom stereocenters. The summed E-state index contributed by atoms with van der Waals surface area (Å²) in [7, 11) is 0. The van der Waals surface area contributed by atoms with Gasteiger partial charge in [0.05, 0.1) is 0 Å². The molecule has 0 amide bonds. The first kappa shape index (κ1) is 11.4. The molecule has 0 saturated heterocycles. The molecule has 0 radical (unpaired) electrons. The minimum absolute atomic E-state index is 0.308. The molecule has 1 aliphatic carbocycles. The molecule has 0 saturated carbocycles. The Hall–Kier alpha value is -1.09. The third-order valence-corrected chi connectivity index (χ3v) is 2.88. The molecule has 1 aliphatic rings. The second-order valence-corrected chi connectivity index (χ2v) is 4.43. The van der Waals surface area contributed by atoms with Crippen LogP contribution in [0.3, 0.4) is 0 Å². The van der Waals surface area contributed by atoms with Gasteiger partial charge < -0.3 is 5.32 Å². The van der Waals surface area contributed by atoms with Crippen LogP contribution in [0.1, 0.15) is 31.4 Å². The lowest BCUT2D eigenvalue weighted by atomic mass is 10.2. The predicted octanol–water partition coefficient (Wildman–Crippen LogP) is 3.35. The molecular weight excluding hydrogens is 222 g/mol. The van der Waals surface area contributed by atoms with E-state index in [1.165, 1.54) is 19.3 Å². The highest BCUT2D eigenvalue weighted by Crippen LogP contribution is 2.20. The third-order valence-electron chi connectivity index (χ3n) is 2.71. The normalized spacial score (nSPS) is 15.0. The van der Waals surface area contributed by atoms with Crippen LogP contribution in [0, 0.1) is 6.92 Å². The number of aromatic nitrogens is 2. The highest BCUT2D eigenvalue weighted by molar-refractivity contribution is 6.28. The van der Waals surface area contributed by atoms with Crippen molar-refractivity contribution in [3.8, 4) is 0 Å². The number of anilines is 1. The van der Waals surface area contributed by atoms with Crippen LogP contribution < -0.4 is 5.32 Å². The van der Waals surface area contributed by atoms with Crippen molar-refractivity contribution in [2.75, 3.05) is 11.9 Å². The summed E-state index contributed by atoms with van der Waals surface area (Å²) in [6.45, 7) is 2.83. The van der Waals surface area contributed by atoms with E-state index >= 15 is 0 Å². The maximum Gasteiger partial charge on any atom is 0.224 e. The van der Waals surface area contributed by atoms with Crippen LogP contribution in [0.15, 0.2) is 17.7 Å². The molecule has 0 spiro atoms. The lowest BCUT2D eigenvalue weighted by Gasteiger charge is -2.06.